The summed E-state index contributed by atoms with van der Waals surface area (Å²) in [5, 5.41) is 0. The van der Waals surface area contributed by atoms with Gasteiger partial charge in [0.15, 0.2) is 0 Å². The van der Waals surface area contributed by atoms with Crippen LogP contribution in [0.5, 0.6) is 0 Å². The third-order valence-electron chi connectivity index (χ3n) is 2.08. The number of rotatable bonds is 0. The highest BCUT2D eigenvalue weighted by Gasteiger charge is 2.21. The van der Waals surface area contributed by atoms with Gasteiger partial charge in [0.05, 0.1) is 6.54 Å². The molecule has 0 spiro atoms. The molecule has 1 aromatic rings. The lowest BCUT2D eigenvalue weighted by molar-refractivity contribution is -0.116. The molecule has 1 aliphatic heterocycles. The Morgan fingerprint density at radius 3 is 2.92 bits per heavy atom. The van der Waals surface area contributed by atoms with Gasteiger partial charge in [0.25, 0.3) is 0 Å². The standard InChI is InChI=1S/C10H10NO/c1-8(12)11-7-6-9-4-2-3-5-10(9)11/h2-5,7H,6H2,1H3. The van der Waals surface area contributed by atoms with Gasteiger partial charge >= 0.3 is 0 Å². The van der Waals surface area contributed by atoms with Crippen LogP contribution in [-0.2, 0) is 11.2 Å². The highest BCUT2D eigenvalue weighted by Crippen LogP contribution is 2.29. The Balaban J connectivity index is 2.42. The van der Waals surface area contributed by atoms with Crippen molar-refractivity contribution in [3.63, 3.8) is 0 Å². The lowest BCUT2D eigenvalue weighted by atomic mass is 10.2. The summed E-state index contributed by atoms with van der Waals surface area (Å²) in [6.07, 6.45) is 0.871. The average molecular weight is 160 g/mol. The quantitative estimate of drug-likeness (QED) is 0.566. The van der Waals surface area contributed by atoms with Crippen molar-refractivity contribution in [3.05, 3.63) is 36.4 Å². The van der Waals surface area contributed by atoms with Gasteiger partial charge < -0.3 is 4.90 Å². The van der Waals surface area contributed by atoms with Crippen molar-refractivity contribution >= 4 is 11.6 Å². The highest BCUT2D eigenvalue weighted by molar-refractivity contribution is 5.95. The molecule has 0 aromatic heterocycles. The fourth-order valence-corrected chi connectivity index (χ4v) is 1.50. The number of carbonyl (C=O) groups is 1. The SMILES string of the molecule is CC(=O)N1[CH]Cc2ccccc21. The van der Waals surface area contributed by atoms with Gasteiger partial charge in [-0.3, -0.25) is 4.79 Å². The second kappa shape index (κ2) is 2.63. The minimum atomic E-state index is 0.0833. The molecular formula is C10H10NO. The van der Waals surface area contributed by atoms with Crippen LogP contribution in [0.2, 0.25) is 0 Å². The Bertz CT molecular complexity index is 319. The van der Waals surface area contributed by atoms with E-state index in [1.54, 1.807) is 11.8 Å². The molecule has 12 heavy (non-hydrogen) atoms. The van der Waals surface area contributed by atoms with E-state index < -0.39 is 0 Å². The Labute approximate surface area is 71.8 Å². The first kappa shape index (κ1) is 7.35. The lowest BCUT2D eigenvalue weighted by Crippen LogP contribution is -2.21. The number of hydrogen-bond acceptors (Lipinski definition) is 1. The summed E-state index contributed by atoms with van der Waals surface area (Å²) >= 11 is 0. The van der Waals surface area contributed by atoms with E-state index in [2.05, 4.69) is 6.07 Å². The second-order valence-electron chi connectivity index (χ2n) is 2.90. The van der Waals surface area contributed by atoms with E-state index in [9.17, 15) is 4.79 Å². The molecule has 1 amide bonds. The van der Waals surface area contributed by atoms with Crippen molar-refractivity contribution in [2.75, 3.05) is 4.90 Å². The van der Waals surface area contributed by atoms with Crippen LogP contribution in [0.15, 0.2) is 24.3 Å². The van der Waals surface area contributed by atoms with E-state index in [1.165, 1.54) is 5.56 Å². The van der Waals surface area contributed by atoms with E-state index in [1.807, 2.05) is 24.7 Å². The summed E-state index contributed by atoms with van der Waals surface area (Å²) in [5.41, 5.74) is 2.26. The number of amides is 1. The number of para-hydroxylation sites is 1. The van der Waals surface area contributed by atoms with Gasteiger partial charge in [-0.2, -0.15) is 0 Å². The Hall–Kier alpha value is -1.31. The first-order chi connectivity index (χ1) is 5.79. The average Bonchev–Trinajstić information content (AvgIpc) is 2.47. The number of hydrogen-bond donors (Lipinski definition) is 0. The summed E-state index contributed by atoms with van der Waals surface area (Å²) in [6, 6.07) is 7.97. The third-order valence-corrected chi connectivity index (χ3v) is 2.08. The van der Waals surface area contributed by atoms with Gasteiger partial charge in [-0.15, -0.1) is 0 Å². The first-order valence-electron chi connectivity index (χ1n) is 4.00. The van der Waals surface area contributed by atoms with E-state index in [0.29, 0.717) is 0 Å². The molecule has 0 bridgehead atoms. The van der Waals surface area contributed by atoms with Crippen molar-refractivity contribution < 1.29 is 4.79 Å². The summed E-state index contributed by atoms with van der Waals surface area (Å²) in [6.45, 7) is 3.51. The molecule has 61 valence electrons. The molecule has 1 heterocycles. The molecule has 2 nitrogen and oxygen atoms in total. The van der Waals surface area contributed by atoms with Crippen molar-refractivity contribution in [2.24, 2.45) is 0 Å². The zero-order valence-corrected chi connectivity index (χ0v) is 6.95. The van der Waals surface area contributed by atoms with Gasteiger partial charge in [0, 0.05) is 12.6 Å². The number of nitrogens with zero attached hydrogens (tertiary/aromatic N) is 1. The molecule has 0 atom stereocenters. The van der Waals surface area contributed by atoms with Gasteiger partial charge in [-0.1, -0.05) is 18.2 Å². The first-order valence-corrected chi connectivity index (χ1v) is 4.00. The van der Waals surface area contributed by atoms with Crippen molar-refractivity contribution in [1.82, 2.24) is 0 Å². The predicted octanol–water partition coefficient (Wildman–Crippen LogP) is 1.76. The fraction of sp³-hybridized carbons (Fsp3) is 0.200. The molecule has 0 unspecified atom stereocenters. The van der Waals surface area contributed by atoms with E-state index in [0.717, 1.165) is 12.1 Å². The van der Waals surface area contributed by atoms with Crippen LogP contribution in [-0.4, -0.2) is 5.91 Å². The zero-order valence-electron chi connectivity index (χ0n) is 6.95. The zero-order chi connectivity index (χ0) is 8.55. The summed E-state index contributed by atoms with van der Waals surface area (Å²) in [7, 11) is 0. The van der Waals surface area contributed by atoms with Crippen molar-refractivity contribution in [1.29, 1.82) is 0 Å². The molecule has 0 saturated heterocycles. The van der Waals surface area contributed by atoms with Gasteiger partial charge in [-0.05, 0) is 18.1 Å². The molecule has 0 fully saturated rings. The summed E-state index contributed by atoms with van der Waals surface area (Å²) in [4.78, 5) is 12.8. The Morgan fingerprint density at radius 2 is 2.17 bits per heavy atom. The molecule has 0 N–H and O–H groups in total. The van der Waals surface area contributed by atoms with Gasteiger partial charge in [0.2, 0.25) is 5.91 Å². The highest BCUT2D eigenvalue weighted by atomic mass is 16.2. The normalized spacial score (nSPS) is 14.6. The molecule has 1 aromatic carbocycles. The van der Waals surface area contributed by atoms with E-state index in [4.69, 9.17) is 0 Å². The Morgan fingerprint density at radius 1 is 1.42 bits per heavy atom. The maximum atomic E-state index is 11.1. The largest absolute Gasteiger partial charge is 0.307 e. The molecule has 2 heteroatoms. The van der Waals surface area contributed by atoms with Crippen LogP contribution in [0.25, 0.3) is 0 Å². The second-order valence-corrected chi connectivity index (χ2v) is 2.90. The predicted molar refractivity (Wildman–Crippen MR) is 47.6 cm³/mol. The number of carbonyl (C=O) groups excluding carboxylic acids is 1. The van der Waals surface area contributed by atoms with Crippen LogP contribution in [0.4, 0.5) is 5.69 Å². The smallest absolute Gasteiger partial charge is 0.224 e. The molecule has 1 aliphatic rings. The molecule has 2 rings (SSSR count). The van der Waals surface area contributed by atoms with Crippen molar-refractivity contribution in [2.45, 2.75) is 13.3 Å². The molecular weight excluding hydrogens is 150 g/mol. The van der Waals surface area contributed by atoms with Gasteiger partial charge in [-0.25, -0.2) is 0 Å². The van der Waals surface area contributed by atoms with Crippen LogP contribution >= 0.6 is 0 Å². The fourth-order valence-electron chi connectivity index (χ4n) is 1.50. The lowest BCUT2D eigenvalue weighted by Gasteiger charge is -2.13. The third kappa shape index (κ3) is 0.998. The van der Waals surface area contributed by atoms with Gasteiger partial charge in [0.1, 0.15) is 0 Å². The van der Waals surface area contributed by atoms with Crippen LogP contribution < -0.4 is 4.90 Å². The maximum Gasteiger partial charge on any atom is 0.224 e. The minimum Gasteiger partial charge on any atom is -0.307 e. The molecule has 0 aliphatic carbocycles. The monoisotopic (exact) mass is 160 g/mol. The van der Waals surface area contributed by atoms with E-state index >= 15 is 0 Å². The number of benzene rings is 1. The maximum absolute atomic E-state index is 11.1. The Kier molecular flexibility index (Phi) is 1.61. The van der Waals surface area contributed by atoms with Crippen LogP contribution in [0.1, 0.15) is 12.5 Å². The number of fused-ring (bicyclic) bond motifs is 1. The van der Waals surface area contributed by atoms with Crippen LogP contribution in [0, 0.1) is 6.54 Å². The minimum absolute atomic E-state index is 0.0833. The van der Waals surface area contributed by atoms with Crippen LogP contribution in [0.3, 0.4) is 0 Å². The molecule has 0 saturated carbocycles. The van der Waals surface area contributed by atoms with Crippen molar-refractivity contribution in [3.8, 4) is 0 Å². The summed E-state index contributed by atoms with van der Waals surface area (Å²) in [5.74, 6) is 0.0833. The summed E-state index contributed by atoms with van der Waals surface area (Å²) < 4.78 is 0. The van der Waals surface area contributed by atoms with E-state index in [-0.39, 0.29) is 5.91 Å². The topological polar surface area (TPSA) is 20.3 Å². The number of anilines is 1. The molecule has 1 radical (unpaired) electrons.